The average molecular weight is 474 g/mol. The summed E-state index contributed by atoms with van der Waals surface area (Å²) >= 11 is 0. The van der Waals surface area contributed by atoms with E-state index in [-0.39, 0.29) is 17.9 Å². The lowest BCUT2D eigenvalue weighted by Gasteiger charge is -2.40. The molecular formula is C27H31N5O3. The van der Waals surface area contributed by atoms with Crippen LogP contribution in [0.2, 0.25) is 0 Å². The summed E-state index contributed by atoms with van der Waals surface area (Å²) < 4.78 is 0. The minimum absolute atomic E-state index is 0.170. The quantitative estimate of drug-likeness (QED) is 0.478. The molecule has 2 aliphatic rings. The first-order chi connectivity index (χ1) is 16.6. The van der Waals surface area contributed by atoms with Crippen LogP contribution < -0.4 is 10.6 Å². The van der Waals surface area contributed by atoms with E-state index in [2.05, 4.69) is 41.4 Å². The van der Waals surface area contributed by atoms with Gasteiger partial charge < -0.3 is 15.6 Å². The van der Waals surface area contributed by atoms with Crippen molar-refractivity contribution in [2.75, 3.05) is 11.9 Å². The van der Waals surface area contributed by atoms with Gasteiger partial charge in [-0.1, -0.05) is 45.0 Å². The molecule has 8 nitrogen and oxygen atoms in total. The van der Waals surface area contributed by atoms with Crippen molar-refractivity contribution < 1.29 is 14.4 Å². The minimum Gasteiger partial charge on any atom is -0.338 e. The van der Waals surface area contributed by atoms with E-state index in [4.69, 9.17) is 0 Å². The molecule has 4 amide bonds. The Morgan fingerprint density at radius 3 is 2.57 bits per heavy atom. The molecule has 8 heteroatoms. The molecule has 1 aliphatic heterocycles. The Morgan fingerprint density at radius 2 is 1.86 bits per heavy atom. The number of imide groups is 1. The predicted octanol–water partition coefficient (Wildman–Crippen LogP) is 4.70. The van der Waals surface area contributed by atoms with Crippen molar-refractivity contribution in [1.82, 2.24) is 20.2 Å². The van der Waals surface area contributed by atoms with Gasteiger partial charge in [0, 0.05) is 11.3 Å². The molecule has 0 radical (unpaired) electrons. The van der Waals surface area contributed by atoms with Gasteiger partial charge in [-0.15, -0.1) is 0 Å². The fraction of sp³-hybridized carbons (Fsp3) is 0.407. The number of rotatable bonds is 4. The highest BCUT2D eigenvalue weighted by Crippen LogP contribution is 2.43. The molecule has 1 aliphatic carbocycles. The lowest BCUT2D eigenvalue weighted by Crippen LogP contribution is -2.50. The highest BCUT2D eigenvalue weighted by molar-refractivity contribution is 6.10. The highest BCUT2D eigenvalue weighted by Gasteiger charge is 2.53. The first kappa shape index (κ1) is 23.1. The molecule has 3 aromatic rings. The van der Waals surface area contributed by atoms with Gasteiger partial charge in [-0.25, -0.2) is 9.78 Å². The summed E-state index contributed by atoms with van der Waals surface area (Å²) in [4.78, 5) is 47.6. The molecular weight excluding hydrogens is 442 g/mol. The number of aromatic amines is 1. The molecule has 3 N–H and O–H groups in total. The van der Waals surface area contributed by atoms with Crippen LogP contribution in [0.1, 0.15) is 46.5 Å². The summed E-state index contributed by atoms with van der Waals surface area (Å²) in [6, 6.07) is 14.6. The van der Waals surface area contributed by atoms with Gasteiger partial charge in [-0.3, -0.25) is 14.5 Å². The number of nitrogens with one attached hydrogen (secondary N) is 3. The molecule has 1 saturated heterocycles. The van der Waals surface area contributed by atoms with Crippen LogP contribution in [0.5, 0.6) is 0 Å². The van der Waals surface area contributed by atoms with Gasteiger partial charge in [-0.2, -0.15) is 0 Å². The monoisotopic (exact) mass is 473 g/mol. The fourth-order valence-corrected chi connectivity index (χ4v) is 5.31. The second-order valence-corrected chi connectivity index (χ2v) is 10.8. The number of urea groups is 1. The molecule has 2 aromatic carbocycles. The summed E-state index contributed by atoms with van der Waals surface area (Å²) in [5, 5.41) is 5.72. The number of benzene rings is 2. The first-order valence-corrected chi connectivity index (χ1v) is 12.1. The molecule has 0 unspecified atom stereocenters. The zero-order valence-corrected chi connectivity index (χ0v) is 20.4. The highest BCUT2D eigenvalue weighted by atomic mass is 16.2. The van der Waals surface area contributed by atoms with Gasteiger partial charge >= 0.3 is 6.03 Å². The number of aromatic nitrogens is 2. The van der Waals surface area contributed by atoms with Crippen LogP contribution >= 0.6 is 0 Å². The van der Waals surface area contributed by atoms with Crippen molar-refractivity contribution in [3.05, 3.63) is 48.5 Å². The number of para-hydroxylation sites is 2. The van der Waals surface area contributed by atoms with Gasteiger partial charge in [0.1, 0.15) is 17.9 Å². The first-order valence-electron chi connectivity index (χ1n) is 12.1. The predicted molar refractivity (Wildman–Crippen MR) is 135 cm³/mol. The lowest BCUT2D eigenvalue weighted by atomic mass is 9.67. The Morgan fingerprint density at radius 1 is 1.11 bits per heavy atom. The standard InChI is InChI=1S/C27H31N5O3/c1-26(2,3)18-11-13-27(14-12-18)24(34)32(25(35)31-27)16-22(33)28-19-8-6-7-17(15-19)23-29-20-9-4-5-10-21(20)30-23/h4-10,15,18H,11-14,16H2,1-3H3,(H,28,33)(H,29,30)(H,31,35). The number of carbonyl (C=O) groups is 3. The second kappa shape index (κ2) is 8.52. The van der Waals surface area contributed by atoms with Crippen molar-refractivity contribution in [1.29, 1.82) is 0 Å². The summed E-state index contributed by atoms with van der Waals surface area (Å²) in [6.07, 6.45) is 2.97. The van der Waals surface area contributed by atoms with E-state index in [1.807, 2.05) is 42.5 Å². The molecule has 182 valence electrons. The van der Waals surface area contributed by atoms with Crippen LogP contribution in [0.25, 0.3) is 22.4 Å². The van der Waals surface area contributed by atoms with Gasteiger partial charge in [0.15, 0.2) is 0 Å². The van der Waals surface area contributed by atoms with Crippen LogP contribution in [0.15, 0.2) is 48.5 Å². The van der Waals surface area contributed by atoms with Crippen molar-refractivity contribution in [2.45, 2.75) is 52.0 Å². The number of anilines is 1. The molecule has 1 spiro atoms. The summed E-state index contributed by atoms with van der Waals surface area (Å²) in [6.45, 7) is 6.32. The van der Waals surface area contributed by atoms with Gasteiger partial charge in [-0.05, 0) is 61.3 Å². The van der Waals surface area contributed by atoms with Crippen LogP contribution in [0.4, 0.5) is 10.5 Å². The molecule has 2 heterocycles. The average Bonchev–Trinajstić information content (AvgIpc) is 3.34. The summed E-state index contributed by atoms with van der Waals surface area (Å²) in [5.74, 6) is 0.495. The second-order valence-electron chi connectivity index (χ2n) is 10.8. The molecule has 0 bridgehead atoms. The molecule has 1 saturated carbocycles. The Labute approximate surface area is 204 Å². The number of carbonyl (C=O) groups excluding carboxylic acids is 3. The Bertz CT molecular complexity index is 1260. The summed E-state index contributed by atoms with van der Waals surface area (Å²) in [5.41, 5.74) is 2.48. The number of nitrogens with zero attached hydrogens (tertiary/aromatic N) is 2. The molecule has 0 atom stereocenters. The molecule has 35 heavy (non-hydrogen) atoms. The Balaban J connectivity index is 1.25. The zero-order valence-electron chi connectivity index (χ0n) is 20.4. The van der Waals surface area contributed by atoms with E-state index in [9.17, 15) is 14.4 Å². The van der Waals surface area contributed by atoms with Gasteiger partial charge in [0.05, 0.1) is 11.0 Å². The third-order valence-electron chi connectivity index (χ3n) is 7.42. The number of amides is 4. The van der Waals surface area contributed by atoms with Crippen molar-refractivity contribution in [3.63, 3.8) is 0 Å². The number of fused-ring (bicyclic) bond motifs is 1. The van der Waals surface area contributed by atoms with Crippen LogP contribution in [0.3, 0.4) is 0 Å². The third kappa shape index (κ3) is 4.40. The fourth-order valence-electron chi connectivity index (χ4n) is 5.31. The number of H-pyrrole nitrogens is 1. The topological polar surface area (TPSA) is 107 Å². The van der Waals surface area contributed by atoms with E-state index in [0.29, 0.717) is 30.3 Å². The third-order valence-corrected chi connectivity index (χ3v) is 7.42. The molecule has 2 fully saturated rings. The normalized spacial score (nSPS) is 22.6. The Kier molecular flexibility index (Phi) is 5.62. The summed E-state index contributed by atoms with van der Waals surface area (Å²) in [7, 11) is 0. The van der Waals surface area contributed by atoms with Crippen LogP contribution in [-0.2, 0) is 9.59 Å². The number of hydrogen-bond acceptors (Lipinski definition) is 4. The van der Waals surface area contributed by atoms with E-state index in [0.717, 1.165) is 34.3 Å². The number of imidazole rings is 1. The van der Waals surface area contributed by atoms with Crippen LogP contribution in [0, 0.1) is 11.3 Å². The van der Waals surface area contributed by atoms with Crippen molar-refractivity contribution >= 4 is 34.6 Å². The SMILES string of the molecule is CC(C)(C)C1CCC2(CC1)NC(=O)N(CC(=O)Nc1cccc(-c3nc4ccccc4[nH]3)c1)C2=O. The van der Waals surface area contributed by atoms with E-state index in [1.165, 1.54) is 0 Å². The molecule has 1 aromatic heterocycles. The maximum Gasteiger partial charge on any atom is 0.325 e. The maximum atomic E-state index is 13.2. The minimum atomic E-state index is -0.875. The molecule has 5 rings (SSSR count). The van der Waals surface area contributed by atoms with E-state index < -0.39 is 17.5 Å². The van der Waals surface area contributed by atoms with Gasteiger partial charge in [0.25, 0.3) is 5.91 Å². The lowest BCUT2D eigenvalue weighted by molar-refractivity contribution is -0.135. The Hall–Kier alpha value is -3.68. The van der Waals surface area contributed by atoms with Crippen molar-refractivity contribution in [3.8, 4) is 11.4 Å². The van der Waals surface area contributed by atoms with E-state index >= 15 is 0 Å². The zero-order chi connectivity index (χ0) is 24.8. The maximum absolute atomic E-state index is 13.2. The van der Waals surface area contributed by atoms with Gasteiger partial charge in [0.2, 0.25) is 5.91 Å². The largest absolute Gasteiger partial charge is 0.338 e. The smallest absolute Gasteiger partial charge is 0.325 e. The van der Waals surface area contributed by atoms with Crippen molar-refractivity contribution in [2.24, 2.45) is 11.3 Å². The van der Waals surface area contributed by atoms with E-state index in [1.54, 1.807) is 6.07 Å². The number of hydrogen-bond donors (Lipinski definition) is 3. The van der Waals surface area contributed by atoms with Crippen LogP contribution in [-0.4, -0.2) is 44.8 Å².